The van der Waals surface area contributed by atoms with Crippen LogP contribution < -0.4 is 4.74 Å². The maximum Gasteiger partial charge on any atom is 0.416 e. The maximum absolute atomic E-state index is 13.1. The first-order valence-electron chi connectivity index (χ1n) is 13.0. The monoisotopic (exact) mass is 584 g/mol. The van der Waals surface area contributed by atoms with Crippen molar-refractivity contribution >= 4 is 17.7 Å². The van der Waals surface area contributed by atoms with Crippen LogP contribution in [0.2, 0.25) is 0 Å². The number of aryl methyl sites for hydroxylation is 1. The molecule has 216 valence electrons. The maximum atomic E-state index is 13.1. The zero-order chi connectivity index (χ0) is 29.6. The third kappa shape index (κ3) is 8.14. The quantitative estimate of drug-likeness (QED) is 0.170. The number of carbonyl (C=O) groups is 1. The fourth-order valence-electron chi connectivity index (χ4n) is 4.26. The zero-order valence-electron chi connectivity index (χ0n) is 22.9. The molecule has 2 aromatic heterocycles. The summed E-state index contributed by atoms with van der Waals surface area (Å²) in [6.45, 7) is 4.76. The van der Waals surface area contributed by atoms with Crippen molar-refractivity contribution in [1.29, 1.82) is 0 Å². The van der Waals surface area contributed by atoms with Crippen LogP contribution >= 0.6 is 11.8 Å². The van der Waals surface area contributed by atoms with E-state index in [-0.39, 0.29) is 0 Å². The number of aliphatic carboxylic acids is 1. The second-order valence-corrected chi connectivity index (χ2v) is 10.8. The number of hydrogen-bond donors (Lipinski definition) is 1. The Morgan fingerprint density at radius 1 is 1.12 bits per heavy atom. The molecule has 0 spiro atoms. The molecule has 1 N–H and O–H groups in total. The van der Waals surface area contributed by atoms with Gasteiger partial charge in [0.05, 0.1) is 12.1 Å². The lowest BCUT2D eigenvalue weighted by Gasteiger charge is -2.16. The van der Waals surface area contributed by atoms with Crippen molar-refractivity contribution in [3.8, 4) is 17.1 Å². The summed E-state index contributed by atoms with van der Waals surface area (Å²) in [6.07, 6.45) is -1.44. The van der Waals surface area contributed by atoms with E-state index in [9.17, 15) is 23.1 Å². The summed E-state index contributed by atoms with van der Waals surface area (Å²) >= 11 is 1.58. The highest BCUT2D eigenvalue weighted by atomic mass is 32.2. The van der Waals surface area contributed by atoms with E-state index in [4.69, 9.17) is 9.15 Å². The number of thioether (sulfide) groups is 1. The average molecular weight is 585 g/mol. The summed E-state index contributed by atoms with van der Waals surface area (Å²) < 4.78 is 51.1. The van der Waals surface area contributed by atoms with Crippen molar-refractivity contribution in [2.75, 3.05) is 7.05 Å². The summed E-state index contributed by atoms with van der Waals surface area (Å²) in [5, 5.41) is 9.30. The lowest BCUT2D eigenvalue weighted by atomic mass is 10.1. The van der Waals surface area contributed by atoms with Gasteiger partial charge in [0.1, 0.15) is 17.3 Å². The molecule has 2 aromatic carbocycles. The van der Waals surface area contributed by atoms with Crippen molar-refractivity contribution in [2.45, 2.75) is 56.3 Å². The zero-order valence-corrected chi connectivity index (χ0v) is 23.8. The Bertz CT molecular complexity index is 1460. The van der Waals surface area contributed by atoms with Gasteiger partial charge in [0.2, 0.25) is 0 Å². The van der Waals surface area contributed by atoms with E-state index in [1.165, 1.54) is 12.1 Å². The SMILES string of the molecule is CCC(Oc1ccc(SCc2cc(-c3ccc(C(F)(F)F)cc3)oc2CN(C)Cc2cccnc2)cc1C)C(=O)O. The molecule has 1 unspecified atom stereocenters. The normalized spacial score (nSPS) is 12.5. The van der Waals surface area contributed by atoms with E-state index < -0.39 is 23.8 Å². The van der Waals surface area contributed by atoms with E-state index in [0.717, 1.165) is 39.5 Å². The summed E-state index contributed by atoms with van der Waals surface area (Å²) in [7, 11) is 1.97. The lowest BCUT2D eigenvalue weighted by molar-refractivity contribution is -0.145. The van der Waals surface area contributed by atoms with Crippen LogP contribution in [0.4, 0.5) is 13.2 Å². The van der Waals surface area contributed by atoms with Crippen LogP contribution in [0.3, 0.4) is 0 Å². The smallest absolute Gasteiger partial charge is 0.416 e. The molecule has 0 aliphatic heterocycles. The molecule has 0 radical (unpaired) electrons. The lowest BCUT2D eigenvalue weighted by Crippen LogP contribution is -2.26. The van der Waals surface area contributed by atoms with E-state index in [0.29, 0.717) is 42.3 Å². The average Bonchev–Trinajstić information content (AvgIpc) is 3.33. The first kappa shape index (κ1) is 30.2. The fraction of sp³-hybridized carbons (Fsp3) is 0.290. The van der Waals surface area contributed by atoms with Crippen LogP contribution in [-0.4, -0.2) is 34.1 Å². The van der Waals surface area contributed by atoms with Gasteiger partial charge in [-0.25, -0.2) is 4.79 Å². The second-order valence-electron chi connectivity index (χ2n) is 9.74. The minimum absolute atomic E-state index is 0.352. The highest BCUT2D eigenvalue weighted by Crippen LogP contribution is 2.35. The first-order chi connectivity index (χ1) is 19.5. The fourth-order valence-corrected chi connectivity index (χ4v) is 5.25. The summed E-state index contributed by atoms with van der Waals surface area (Å²) in [6, 6.07) is 16.3. The van der Waals surface area contributed by atoms with Crippen LogP contribution in [0.1, 0.15) is 41.4 Å². The van der Waals surface area contributed by atoms with Gasteiger partial charge in [-0.2, -0.15) is 13.2 Å². The van der Waals surface area contributed by atoms with Gasteiger partial charge in [-0.1, -0.05) is 25.1 Å². The molecular weight excluding hydrogens is 553 g/mol. The van der Waals surface area contributed by atoms with Crippen LogP contribution in [0, 0.1) is 6.92 Å². The van der Waals surface area contributed by atoms with Crippen molar-refractivity contribution in [3.63, 3.8) is 0 Å². The Hall–Kier alpha value is -3.76. The highest BCUT2D eigenvalue weighted by Gasteiger charge is 2.30. The molecule has 0 amide bonds. The molecule has 4 rings (SSSR count). The van der Waals surface area contributed by atoms with Crippen molar-refractivity contribution < 1.29 is 32.2 Å². The standard InChI is InChI=1S/C31H31F3N2O4S/c1-4-26(30(37)38)39-27-12-11-25(14-20(27)2)41-19-23-15-28(22-7-9-24(10-8-22)31(32,33)34)40-29(23)18-36(3)17-21-6-5-13-35-16-21/h5-16,26H,4,17-19H2,1-3H3,(H,37,38). The number of pyridine rings is 1. The van der Waals surface area contributed by atoms with Gasteiger partial charge in [0, 0.05) is 40.7 Å². The van der Waals surface area contributed by atoms with E-state index in [1.807, 2.05) is 44.3 Å². The third-order valence-electron chi connectivity index (χ3n) is 6.44. The summed E-state index contributed by atoms with van der Waals surface area (Å²) in [4.78, 5) is 18.6. The largest absolute Gasteiger partial charge is 0.479 e. The number of furan rings is 1. The van der Waals surface area contributed by atoms with E-state index in [1.54, 1.807) is 37.1 Å². The number of nitrogens with zero attached hydrogens (tertiary/aromatic N) is 2. The number of benzene rings is 2. The Morgan fingerprint density at radius 3 is 2.49 bits per heavy atom. The predicted octanol–water partition coefficient (Wildman–Crippen LogP) is 7.84. The van der Waals surface area contributed by atoms with Gasteiger partial charge < -0.3 is 14.3 Å². The van der Waals surface area contributed by atoms with Gasteiger partial charge in [-0.05, 0) is 74.0 Å². The van der Waals surface area contributed by atoms with Crippen LogP contribution in [0.25, 0.3) is 11.3 Å². The molecule has 6 nitrogen and oxygen atoms in total. The molecule has 0 bridgehead atoms. The molecule has 1 atom stereocenters. The predicted molar refractivity (Wildman–Crippen MR) is 152 cm³/mol. The number of carboxylic acids is 1. The number of alkyl halides is 3. The number of carboxylic acid groups (broad SMARTS) is 1. The van der Waals surface area contributed by atoms with Gasteiger partial charge in [0.15, 0.2) is 6.10 Å². The van der Waals surface area contributed by atoms with Crippen molar-refractivity contribution in [2.24, 2.45) is 0 Å². The number of rotatable bonds is 12. The van der Waals surface area contributed by atoms with E-state index >= 15 is 0 Å². The second kappa shape index (κ2) is 13.3. The van der Waals surface area contributed by atoms with Gasteiger partial charge in [0.25, 0.3) is 0 Å². The first-order valence-corrected chi connectivity index (χ1v) is 14.0. The molecule has 4 aromatic rings. The number of ether oxygens (including phenoxy) is 1. The molecule has 0 aliphatic rings. The Kier molecular flexibility index (Phi) is 9.77. The minimum atomic E-state index is -4.41. The van der Waals surface area contributed by atoms with Crippen LogP contribution in [0.5, 0.6) is 5.75 Å². The molecule has 41 heavy (non-hydrogen) atoms. The summed E-state index contributed by atoms with van der Waals surface area (Å²) in [5.74, 6) is 1.30. The topological polar surface area (TPSA) is 75.8 Å². The Labute approximate surface area is 241 Å². The van der Waals surface area contributed by atoms with Gasteiger partial charge >= 0.3 is 12.1 Å². The minimum Gasteiger partial charge on any atom is -0.479 e. The van der Waals surface area contributed by atoms with Gasteiger partial charge in [-0.3, -0.25) is 9.88 Å². The highest BCUT2D eigenvalue weighted by molar-refractivity contribution is 7.98. The molecule has 2 heterocycles. The van der Waals surface area contributed by atoms with Crippen LogP contribution in [0.15, 0.2) is 82.4 Å². The van der Waals surface area contributed by atoms with Crippen molar-refractivity contribution in [1.82, 2.24) is 9.88 Å². The Morgan fingerprint density at radius 2 is 1.88 bits per heavy atom. The molecule has 10 heteroatoms. The number of aromatic nitrogens is 1. The Balaban J connectivity index is 1.54. The number of hydrogen-bond acceptors (Lipinski definition) is 6. The summed E-state index contributed by atoms with van der Waals surface area (Å²) in [5.41, 5.74) is 2.65. The van der Waals surface area contributed by atoms with E-state index in [2.05, 4.69) is 9.88 Å². The molecule has 0 aliphatic carbocycles. The third-order valence-corrected chi connectivity index (χ3v) is 7.48. The molecular formula is C31H31F3N2O4S. The number of halogens is 3. The van der Waals surface area contributed by atoms with Gasteiger partial charge in [-0.15, -0.1) is 11.8 Å². The molecule has 0 saturated carbocycles. The molecule has 0 fully saturated rings. The van der Waals surface area contributed by atoms with Crippen molar-refractivity contribution in [3.05, 3.63) is 101 Å². The molecule has 0 saturated heterocycles. The van der Waals surface area contributed by atoms with Crippen LogP contribution in [-0.2, 0) is 29.8 Å².